The van der Waals surface area contributed by atoms with Gasteiger partial charge in [-0.05, 0) is 50.5 Å². The number of hydrogen-bond donors (Lipinski definition) is 2. The third-order valence-electron chi connectivity index (χ3n) is 3.25. The van der Waals surface area contributed by atoms with Crippen LogP contribution in [0.25, 0.3) is 0 Å². The molecule has 0 aromatic heterocycles. The first-order chi connectivity index (χ1) is 9.47. The van der Waals surface area contributed by atoms with Crippen LogP contribution in [-0.2, 0) is 4.79 Å². The highest BCUT2D eigenvalue weighted by Crippen LogP contribution is 2.14. The van der Waals surface area contributed by atoms with Crippen molar-refractivity contribution in [2.75, 3.05) is 5.32 Å². The number of amides is 1. The van der Waals surface area contributed by atoms with E-state index in [1.54, 1.807) is 0 Å². The number of nitriles is 1. The molecule has 106 valence electrons. The van der Waals surface area contributed by atoms with Crippen LogP contribution < -0.4 is 10.6 Å². The summed E-state index contributed by atoms with van der Waals surface area (Å²) in [4.78, 5) is 11.8. The van der Waals surface area contributed by atoms with Crippen LogP contribution in [0.15, 0.2) is 30.0 Å². The number of nitrogens with one attached hydrogen (secondary N) is 2. The fourth-order valence-electron chi connectivity index (χ4n) is 1.54. The summed E-state index contributed by atoms with van der Waals surface area (Å²) in [6, 6.07) is 7.86. The monoisotopic (exact) mass is 271 g/mol. The molecule has 0 aliphatic heterocycles. The first-order valence-electron chi connectivity index (χ1n) is 6.72. The molecule has 0 aliphatic carbocycles. The van der Waals surface area contributed by atoms with Gasteiger partial charge in [-0.2, -0.15) is 5.26 Å². The maximum absolute atomic E-state index is 11.8. The second kappa shape index (κ2) is 7.34. The van der Waals surface area contributed by atoms with Crippen LogP contribution in [0.4, 0.5) is 5.69 Å². The van der Waals surface area contributed by atoms with Gasteiger partial charge < -0.3 is 10.6 Å². The Balaban J connectivity index is 2.77. The predicted octanol–water partition coefficient (Wildman–Crippen LogP) is 3.04. The second-order valence-electron chi connectivity index (χ2n) is 4.90. The summed E-state index contributed by atoms with van der Waals surface area (Å²) >= 11 is 0. The normalized spacial score (nSPS) is 12.4. The number of hydrogen-bond acceptors (Lipinski definition) is 3. The average Bonchev–Trinajstić information content (AvgIpc) is 2.43. The molecule has 0 fully saturated rings. The molecule has 1 amide bonds. The standard InChI is InChI=1S/C16H21N3O/c1-5-13(4)19-16(20)14(9-17)10-18-15-7-6-11(2)12(3)8-15/h6-8,10,13,18H,5H2,1-4H3,(H,19,20)/b14-10-. The molecule has 4 nitrogen and oxygen atoms in total. The number of nitrogens with zero attached hydrogens (tertiary/aromatic N) is 1. The smallest absolute Gasteiger partial charge is 0.263 e. The summed E-state index contributed by atoms with van der Waals surface area (Å²) in [7, 11) is 0. The molecular formula is C16H21N3O. The molecule has 0 spiro atoms. The van der Waals surface area contributed by atoms with Crippen LogP contribution in [-0.4, -0.2) is 11.9 Å². The molecule has 2 N–H and O–H groups in total. The molecule has 0 saturated carbocycles. The van der Waals surface area contributed by atoms with Crippen molar-refractivity contribution in [3.63, 3.8) is 0 Å². The fraction of sp³-hybridized carbons (Fsp3) is 0.375. The van der Waals surface area contributed by atoms with E-state index in [-0.39, 0.29) is 17.5 Å². The second-order valence-corrected chi connectivity index (χ2v) is 4.90. The van der Waals surface area contributed by atoms with Gasteiger partial charge >= 0.3 is 0 Å². The van der Waals surface area contributed by atoms with E-state index in [0.717, 1.165) is 17.7 Å². The lowest BCUT2D eigenvalue weighted by Crippen LogP contribution is -2.33. The predicted molar refractivity (Wildman–Crippen MR) is 81.1 cm³/mol. The SMILES string of the molecule is CCC(C)NC(=O)/C(C#N)=C\Nc1ccc(C)c(C)c1. The Kier molecular flexibility index (Phi) is 5.79. The van der Waals surface area contributed by atoms with Gasteiger partial charge in [0.15, 0.2) is 0 Å². The third-order valence-corrected chi connectivity index (χ3v) is 3.25. The molecule has 1 aromatic rings. The Morgan fingerprint density at radius 2 is 2.10 bits per heavy atom. The van der Waals surface area contributed by atoms with E-state index in [9.17, 15) is 4.79 Å². The Morgan fingerprint density at radius 3 is 2.65 bits per heavy atom. The van der Waals surface area contributed by atoms with Crippen molar-refractivity contribution < 1.29 is 4.79 Å². The fourth-order valence-corrected chi connectivity index (χ4v) is 1.54. The van der Waals surface area contributed by atoms with Gasteiger partial charge in [-0.3, -0.25) is 4.79 Å². The molecule has 1 atom stereocenters. The van der Waals surface area contributed by atoms with Gasteiger partial charge in [-0.1, -0.05) is 13.0 Å². The Labute approximate surface area is 120 Å². The zero-order valence-electron chi connectivity index (χ0n) is 12.4. The molecule has 1 aromatic carbocycles. The van der Waals surface area contributed by atoms with Crippen molar-refractivity contribution >= 4 is 11.6 Å². The van der Waals surface area contributed by atoms with E-state index in [1.807, 2.05) is 52.0 Å². The van der Waals surface area contributed by atoms with Gasteiger partial charge in [0.2, 0.25) is 0 Å². The summed E-state index contributed by atoms with van der Waals surface area (Å²) in [5.41, 5.74) is 3.29. The number of carbonyl (C=O) groups is 1. The Hall–Kier alpha value is -2.28. The zero-order chi connectivity index (χ0) is 15.1. The molecule has 1 rings (SSSR count). The van der Waals surface area contributed by atoms with Crippen LogP contribution in [0.5, 0.6) is 0 Å². The van der Waals surface area contributed by atoms with Crippen LogP contribution in [0.3, 0.4) is 0 Å². The van der Waals surface area contributed by atoms with Crippen molar-refractivity contribution in [1.29, 1.82) is 5.26 Å². The van der Waals surface area contributed by atoms with Crippen LogP contribution >= 0.6 is 0 Å². The van der Waals surface area contributed by atoms with Gasteiger partial charge in [-0.25, -0.2) is 0 Å². The number of rotatable bonds is 5. The maximum Gasteiger partial charge on any atom is 0.263 e. The summed E-state index contributed by atoms with van der Waals surface area (Å²) in [6.07, 6.45) is 2.27. The number of anilines is 1. The maximum atomic E-state index is 11.8. The minimum absolute atomic E-state index is 0.0564. The van der Waals surface area contributed by atoms with E-state index in [4.69, 9.17) is 5.26 Å². The first-order valence-corrected chi connectivity index (χ1v) is 6.72. The largest absolute Gasteiger partial charge is 0.360 e. The number of aryl methyl sites for hydroxylation is 2. The average molecular weight is 271 g/mol. The molecule has 4 heteroatoms. The van der Waals surface area contributed by atoms with Crippen molar-refractivity contribution in [1.82, 2.24) is 5.32 Å². The van der Waals surface area contributed by atoms with E-state index in [2.05, 4.69) is 10.6 Å². The van der Waals surface area contributed by atoms with Crippen LogP contribution in [0.2, 0.25) is 0 Å². The van der Waals surface area contributed by atoms with Gasteiger partial charge in [0.05, 0.1) is 0 Å². The lowest BCUT2D eigenvalue weighted by Gasteiger charge is -2.11. The lowest BCUT2D eigenvalue weighted by molar-refractivity contribution is -0.117. The van der Waals surface area contributed by atoms with Crippen molar-refractivity contribution in [2.24, 2.45) is 0 Å². The molecule has 0 saturated heterocycles. The van der Waals surface area contributed by atoms with E-state index >= 15 is 0 Å². The molecule has 20 heavy (non-hydrogen) atoms. The highest BCUT2D eigenvalue weighted by Gasteiger charge is 2.10. The number of benzene rings is 1. The quantitative estimate of drug-likeness (QED) is 0.639. The summed E-state index contributed by atoms with van der Waals surface area (Å²) < 4.78 is 0. The topological polar surface area (TPSA) is 64.9 Å². The minimum atomic E-state index is -0.349. The lowest BCUT2D eigenvalue weighted by atomic mass is 10.1. The van der Waals surface area contributed by atoms with E-state index in [1.165, 1.54) is 11.8 Å². The highest BCUT2D eigenvalue weighted by molar-refractivity contribution is 5.97. The molecule has 0 bridgehead atoms. The van der Waals surface area contributed by atoms with Crippen molar-refractivity contribution in [3.8, 4) is 6.07 Å². The third kappa shape index (κ3) is 4.43. The first kappa shape index (κ1) is 15.8. The van der Waals surface area contributed by atoms with Gasteiger partial charge in [0, 0.05) is 17.9 Å². The Morgan fingerprint density at radius 1 is 1.40 bits per heavy atom. The number of carbonyl (C=O) groups excluding carboxylic acids is 1. The summed E-state index contributed by atoms with van der Waals surface area (Å²) in [5.74, 6) is -0.349. The van der Waals surface area contributed by atoms with Crippen molar-refractivity contribution in [2.45, 2.75) is 40.2 Å². The summed E-state index contributed by atoms with van der Waals surface area (Å²) in [6.45, 7) is 7.94. The molecule has 0 heterocycles. The Bertz CT molecular complexity index is 555. The minimum Gasteiger partial charge on any atom is -0.360 e. The summed E-state index contributed by atoms with van der Waals surface area (Å²) in [5, 5.41) is 14.8. The zero-order valence-corrected chi connectivity index (χ0v) is 12.4. The van der Waals surface area contributed by atoms with Crippen LogP contribution in [0.1, 0.15) is 31.4 Å². The van der Waals surface area contributed by atoms with E-state index < -0.39 is 0 Å². The van der Waals surface area contributed by atoms with E-state index in [0.29, 0.717) is 0 Å². The van der Waals surface area contributed by atoms with Crippen LogP contribution in [0, 0.1) is 25.2 Å². The molecule has 0 aliphatic rings. The van der Waals surface area contributed by atoms with Gasteiger partial charge in [0.1, 0.15) is 11.6 Å². The van der Waals surface area contributed by atoms with Gasteiger partial charge in [0.25, 0.3) is 5.91 Å². The highest BCUT2D eigenvalue weighted by atomic mass is 16.1. The molecular weight excluding hydrogens is 250 g/mol. The van der Waals surface area contributed by atoms with Gasteiger partial charge in [-0.15, -0.1) is 0 Å². The van der Waals surface area contributed by atoms with Crippen molar-refractivity contribution in [3.05, 3.63) is 41.1 Å². The molecule has 0 radical (unpaired) electrons. The molecule has 1 unspecified atom stereocenters.